The predicted octanol–water partition coefficient (Wildman–Crippen LogP) is 3.56. The van der Waals surface area contributed by atoms with Crippen molar-refractivity contribution in [2.75, 3.05) is 6.79 Å². The van der Waals surface area contributed by atoms with Crippen molar-refractivity contribution in [3.8, 4) is 22.8 Å². The molecule has 6 nitrogen and oxygen atoms in total. The lowest BCUT2D eigenvalue weighted by Gasteiger charge is -2.13. The zero-order valence-corrected chi connectivity index (χ0v) is 13.6. The lowest BCUT2D eigenvalue weighted by Crippen LogP contribution is -2.26. The first-order chi connectivity index (χ1) is 12.2. The molecule has 2 aromatic carbocycles. The lowest BCUT2D eigenvalue weighted by atomic mass is 10.1. The molecule has 1 amide bonds. The van der Waals surface area contributed by atoms with Gasteiger partial charge >= 0.3 is 0 Å². The van der Waals surface area contributed by atoms with Crippen LogP contribution < -0.4 is 14.8 Å². The van der Waals surface area contributed by atoms with E-state index in [1.54, 1.807) is 6.07 Å². The van der Waals surface area contributed by atoms with Gasteiger partial charge in [-0.05, 0) is 24.6 Å². The molecule has 2 heterocycles. The highest BCUT2D eigenvalue weighted by molar-refractivity contribution is 5.93. The summed E-state index contributed by atoms with van der Waals surface area (Å²) in [5, 5.41) is 6.78. The molecule has 1 atom stereocenters. The summed E-state index contributed by atoms with van der Waals surface area (Å²) in [6, 6.07) is 16.6. The van der Waals surface area contributed by atoms with E-state index in [1.165, 1.54) is 0 Å². The maximum absolute atomic E-state index is 12.4. The molecule has 25 heavy (non-hydrogen) atoms. The smallest absolute Gasteiger partial charge is 0.273 e. The van der Waals surface area contributed by atoms with E-state index in [4.69, 9.17) is 14.0 Å². The van der Waals surface area contributed by atoms with Crippen molar-refractivity contribution in [2.24, 2.45) is 0 Å². The molecule has 3 aromatic rings. The summed E-state index contributed by atoms with van der Waals surface area (Å²) in [6.07, 6.45) is 0. The number of fused-ring (bicyclic) bond motifs is 1. The SMILES string of the molecule is CC(NC(=O)c1cc(-c2ccccc2)on1)c1ccc2c(c1)OCO2. The number of nitrogens with zero attached hydrogens (tertiary/aromatic N) is 1. The normalized spacial score (nSPS) is 13.5. The number of nitrogens with one attached hydrogen (secondary N) is 1. The molecule has 0 fully saturated rings. The number of hydrogen-bond donors (Lipinski definition) is 1. The Hall–Kier alpha value is -3.28. The van der Waals surface area contributed by atoms with E-state index in [1.807, 2.05) is 55.5 Å². The maximum atomic E-state index is 12.4. The van der Waals surface area contributed by atoms with Gasteiger partial charge in [0.15, 0.2) is 23.0 Å². The van der Waals surface area contributed by atoms with Crippen LogP contribution in [0.4, 0.5) is 0 Å². The minimum atomic E-state index is -0.295. The van der Waals surface area contributed by atoms with Gasteiger partial charge in [0.2, 0.25) is 6.79 Å². The van der Waals surface area contributed by atoms with E-state index in [-0.39, 0.29) is 24.4 Å². The zero-order chi connectivity index (χ0) is 17.2. The van der Waals surface area contributed by atoms with Crippen LogP contribution in [0.2, 0.25) is 0 Å². The quantitative estimate of drug-likeness (QED) is 0.788. The van der Waals surface area contributed by atoms with Crippen molar-refractivity contribution in [3.05, 3.63) is 65.9 Å². The molecule has 0 saturated carbocycles. The number of hydrogen-bond acceptors (Lipinski definition) is 5. The Labute approximate surface area is 144 Å². The van der Waals surface area contributed by atoms with Crippen LogP contribution in [0, 0.1) is 0 Å². The van der Waals surface area contributed by atoms with E-state index in [2.05, 4.69) is 10.5 Å². The van der Waals surface area contributed by atoms with Crippen molar-refractivity contribution < 1.29 is 18.8 Å². The molecule has 1 aliphatic heterocycles. The Morgan fingerprint density at radius 1 is 1.08 bits per heavy atom. The molecule has 126 valence electrons. The summed E-state index contributed by atoms with van der Waals surface area (Å²) in [6.45, 7) is 2.12. The van der Waals surface area contributed by atoms with Crippen LogP contribution in [0.3, 0.4) is 0 Å². The highest BCUT2D eigenvalue weighted by atomic mass is 16.7. The molecule has 4 rings (SSSR count). The molecule has 1 aromatic heterocycles. The van der Waals surface area contributed by atoms with Crippen molar-refractivity contribution in [2.45, 2.75) is 13.0 Å². The summed E-state index contributed by atoms with van der Waals surface area (Å²) in [5.41, 5.74) is 2.04. The number of carbonyl (C=O) groups is 1. The Kier molecular flexibility index (Phi) is 3.85. The first-order valence-corrected chi connectivity index (χ1v) is 7.93. The van der Waals surface area contributed by atoms with Gasteiger partial charge in [-0.3, -0.25) is 4.79 Å². The number of amides is 1. The van der Waals surface area contributed by atoms with Gasteiger partial charge < -0.3 is 19.3 Å². The van der Waals surface area contributed by atoms with Crippen LogP contribution in [0.1, 0.15) is 29.0 Å². The first kappa shape index (κ1) is 15.3. The van der Waals surface area contributed by atoms with E-state index < -0.39 is 0 Å². The average molecular weight is 336 g/mol. The summed E-state index contributed by atoms with van der Waals surface area (Å²) in [7, 11) is 0. The molecule has 0 aliphatic carbocycles. The number of rotatable bonds is 4. The fraction of sp³-hybridized carbons (Fsp3) is 0.158. The van der Waals surface area contributed by atoms with Crippen molar-refractivity contribution in [1.82, 2.24) is 10.5 Å². The second-order valence-electron chi connectivity index (χ2n) is 5.75. The molecule has 6 heteroatoms. The highest BCUT2D eigenvalue weighted by Crippen LogP contribution is 2.34. The minimum absolute atomic E-state index is 0.209. The second kappa shape index (κ2) is 6.32. The minimum Gasteiger partial charge on any atom is -0.454 e. The number of carbonyl (C=O) groups excluding carboxylic acids is 1. The van der Waals surface area contributed by atoms with Crippen molar-refractivity contribution in [1.29, 1.82) is 0 Å². The van der Waals surface area contributed by atoms with Crippen LogP contribution >= 0.6 is 0 Å². The Bertz CT molecular complexity index is 905. The van der Waals surface area contributed by atoms with E-state index in [0.29, 0.717) is 17.3 Å². The van der Waals surface area contributed by atoms with E-state index in [9.17, 15) is 4.79 Å². The van der Waals surface area contributed by atoms with Gasteiger partial charge in [-0.1, -0.05) is 41.6 Å². The third kappa shape index (κ3) is 3.06. The molecule has 1 unspecified atom stereocenters. The summed E-state index contributed by atoms with van der Waals surface area (Å²) in [4.78, 5) is 12.4. The second-order valence-corrected chi connectivity index (χ2v) is 5.75. The van der Waals surface area contributed by atoms with Gasteiger partial charge in [0.1, 0.15) is 0 Å². The van der Waals surface area contributed by atoms with E-state index >= 15 is 0 Å². The third-order valence-corrected chi connectivity index (χ3v) is 4.05. The molecule has 1 N–H and O–H groups in total. The lowest BCUT2D eigenvalue weighted by molar-refractivity contribution is 0.0930. The van der Waals surface area contributed by atoms with Crippen LogP contribution in [0.25, 0.3) is 11.3 Å². The Balaban J connectivity index is 1.47. The van der Waals surface area contributed by atoms with Gasteiger partial charge in [-0.25, -0.2) is 0 Å². The van der Waals surface area contributed by atoms with Gasteiger partial charge in [0.25, 0.3) is 5.91 Å². The first-order valence-electron chi connectivity index (χ1n) is 7.93. The number of ether oxygens (including phenoxy) is 2. The van der Waals surface area contributed by atoms with Crippen LogP contribution in [-0.4, -0.2) is 17.9 Å². The number of aromatic nitrogens is 1. The Morgan fingerprint density at radius 2 is 1.88 bits per heavy atom. The third-order valence-electron chi connectivity index (χ3n) is 4.05. The number of benzene rings is 2. The van der Waals surface area contributed by atoms with Gasteiger partial charge in [0.05, 0.1) is 6.04 Å². The van der Waals surface area contributed by atoms with Crippen LogP contribution in [0.15, 0.2) is 59.1 Å². The highest BCUT2D eigenvalue weighted by Gasteiger charge is 2.19. The molecule has 0 bridgehead atoms. The van der Waals surface area contributed by atoms with Crippen LogP contribution in [-0.2, 0) is 0 Å². The Morgan fingerprint density at radius 3 is 2.72 bits per heavy atom. The molecule has 0 saturated heterocycles. The zero-order valence-electron chi connectivity index (χ0n) is 13.6. The van der Waals surface area contributed by atoms with Crippen molar-refractivity contribution >= 4 is 5.91 Å². The molecular weight excluding hydrogens is 320 g/mol. The van der Waals surface area contributed by atoms with Gasteiger partial charge in [-0.2, -0.15) is 0 Å². The summed E-state index contributed by atoms with van der Waals surface area (Å²) < 4.78 is 15.9. The molecule has 1 aliphatic rings. The summed E-state index contributed by atoms with van der Waals surface area (Å²) >= 11 is 0. The molecule has 0 spiro atoms. The molecule has 0 radical (unpaired) electrons. The van der Waals surface area contributed by atoms with E-state index in [0.717, 1.165) is 11.1 Å². The van der Waals surface area contributed by atoms with Gasteiger partial charge in [0, 0.05) is 11.6 Å². The summed E-state index contributed by atoms with van der Waals surface area (Å²) in [5.74, 6) is 1.66. The fourth-order valence-electron chi connectivity index (χ4n) is 2.66. The maximum Gasteiger partial charge on any atom is 0.273 e. The van der Waals surface area contributed by atoms with Gasteiger partial charge in [-0.15, -0.1) is 0 Å². The van der Waals surface area contributed by atoms with Crippen LogP contribution in [0.5, 0.6) is 11.5 Å². The standard InChI is InChI=1S/C19H16N2O4/c1-12(14-7-8-16-18(9-14)24-11-23-16)20-19(22)15-10-17(25-21-15)13-5-3-2-4-6-13/h2-10,12H,11H2,1H3,(H,20,22). The fourth-order valence-corrected chi connectivity index (χ4v) is 2.66. The monoisotopic (exact) mass is 336 g/mol. The molecular formula is C19H16N2O4. The largest absolute Gasteiger partial charge is 0.454 e. The average Bonchev–Trinajstić information content (AvgIpc) is 3.31. The predicted molar refractivity (Wildman–Crippen MR) is 90.4 cm³/mol. The topological polar surface area (TPSA) is 73.6 Å². The van der Waals surface area contributed by atoms with Crippen molar-refractivity contribution in [3.63, 3.8) is 0 Å².